The van der Waals surface area contributed by atoms with E-state index in [1.165, 1.54) is 6.33 Å². The normalized spacial score (nSPS) is 15.6. The van der Waals surface area contributed by atoms with Gasteiger partial charge in [-0.1, -0.05) is 12.2 Å². The molecule has 186 valence electrons. The van der Waals surface area contributed by atoms with Crippen LogP contribution in [0.2, 0.25) is 0 Å². The maximum atomic E-state index is 12.9. The molecule has 1 aliphatic rings. The molecule has 0 bridgehead atoms. The van der Waals surface area contributed by atoms with Crippen molar-refractivity contribution in [3.05, 3.63) is 24.3 Å². The summed E-state index contributed by atoms with van der Waals surface area (Å²) in [5.74, 6) is 0.269. The third-order valence-electron chi connectivity index (χ3n) is 4.97. The highest BCUT2D eigenvalue weighted by molar-refractivity contribution is 7.45. The van der Waals surface area contributed by atoms with E-state index >= 15 is 0 Å². The van der Waals surface area contributed by atoms with E-state index < -0.39 is 36.6 Å². The van der Waals surface area contributed by atoms with Crippen molar-refractivity contribution in [2.24, 2.45) is 10.8 Å². The lowest BCUT2D eigenvalue weighted by Gasteiger charge is -2.25. The minimum absolute atomic E-state index is 0.110. The molecule has 1 unspecified atom stereocenters. The van der Waals surface area contributed by atoms with Gasteiger partial charge in [-0.25, -0.2) is 15.0 Å². The van der Waals surface area contributed by atoms with Gasteiger partial charge in [0, 0.05) is 18.6 Å². The maximum absolute atomic E-state index is 12.9. The lowest BCUT2D eigenvalue weighted by Crippen LogP contribution is -2.33. The molecule has 2 N–H and O–H groups in total. The summed E-state index contributed by atoms with van der Waals surface area (Å²) in [5.41, 5.74) is -0.295. The van der Waals surface area contributed by atoms with E-state index in [0.29, 0.717) is 23.9 Å². The molecule has 11 heteroatoms. The van der Waals surface area contributed by atoms with Gasteiger partial charge in [0.05, 0.1) is 10.8 Å². The predicted octanol–water partition coefficient (Wildman–Crippen LogP) is 4.05. The highest BCUT2D eigenvalue weighted by Gasteiger charge is 2.34. The number of nitrogens with one attached hydrogen (secondary N) is 2. The van der Waals surface area contributed by atoms with Crippen molar-refractivity contribution >= 4 is 36.7 Å². The van der Waals surface area contributed by atoms with Crippen molar-refractivity contribution in [3.63, 3.8) is 0 Å². The van der Waals surface area contributed by atoms with E-state index in [2.05, 4.69) is 25.3 Å². The van der Waals surface area contributed by atoms with E-state index in [9.17, 15) is 14.2 Å². The first kappa shape index (κ1) is 25.9. The van der Waals surface area contributed by atoms with Crippen molar-refractivity contribution in [2.45, 2.75) is 72.9 Å². The molecule has 1 atom stereocenters. The summed E-state index contributed by atoms with van der Waals surface area (Å²) >= 11 is 0. The van der Waals surface area contributed by atoms with E-state index in [1.54, 1.807) is 47.6 Å². The monoisotopic (exact) mass is 491 g/mol. The molecule has 2 heterocycles. The lowest BCUT2D eigenvalue weighted by molar-refractivity contribution is -0.184. The van der Waals surface area contributed by atoms with Crippen LogP contribution in [0.15, 0.2) is 18.5 Å². The van der Waals surface area contributed by atoms with Crippen molar-refractivity contribution < 1.29 is 23.6 Å². The maximum Gasteiger partial charge on any atom is 0.314 e. The molecule has 0 aliphatic heterocycles. The number of ether oxygens (including phenoxy) is 2. The molecule has 0 radical (unpaired) electrons. The van der Waals surface area contributed by atoms with E-state index in [4.69, 9.17) is 9.47 Å². The molecule has 34 heavy (non-hydrogen) atoms. The SMILES string of the molecule is CC(C)(C)C(=O)OC(OC(=O)C(C)(C)C)[PH](=O)C/C=C/Cc1nc2ncnc(NC3CC3)c2[nH]1. The van der Waals surface area contributed by atoms with Crippen molar-refractivity contribution in [1.82, 2.24) is 19.9 Å². The zero-order valence-corrected chi connectivity index (χ0v) is 21.6. The van der Waals surface area contributed by atoms with Crippen LogP contribution in [0.5, 0.6) is 0 Å². The molecule has 2 aromatic heterocycles. The summed E-state index contributed by atoms with van der Waals surface area (Å²) in [7, 11) is -2.61. The van der Waals surface area contributed by atoms with Crippen molar-refractivity contribution in [2.75, 3.05) is 11.5 Å². The first-order valence-electron chi connectivity index (χ1n) is 11.4. The average Bonchev–Trinajstić information content (AvgIpc) is 3.45. The first-order valence-corrected chi connectivity index (χ1v) is 13.1. The van der Waals surface area contributed by atoms with Gasteiger partial charge >= 0.3 is 11.9 Å². The fraction of sp³-hybridized carbons (Fsp3) is 0.609. The smallest absolute Gasteiger partial charge is 0.314 e. The first-order chi connectivity index (χ1) is 15.8. The second-order valence-corrected chi connectivity index (χ2v) is 12.3. The summed E-state index contributed by atoms with van der Waals surface area (Å²) in [4.78, 5) is 40.9. The Morgan fingerprint density at radius 3 is 2.29 bits per heavy atom. The van der Waals surface area contributed by atoms with Crippen LogP contribution in [-0.4, -0.2) is 50.1 Å². The fourth-order valence-electron chi connectivity index (χ4n) is 2.70. The minimum atomic E-state index is -2.61. The number of carbonyl (C=O) groups excluding carboxylic acids is 2. The molecule has 0 amide bonds. The number of nitrogens with zero attached hydrogens (tertiary/aromatic N) is 3. The Bertz CT molecular complexity index is 1070. The standard InChI is InChI=1S/C23H34N5O5P/c1-22(2,3)19(29)32-21(33-20(30)23(4,5)6)34(31)12-8-7-9-15-27-16-17(26-14-10-11-14)24-13-25-18(16)28-15/h7-8,13-14,21,34H,9-12H2,1-6H3,(H2,24,25,26,27,28)/b8-7+. The molecule has 0 saturated heterocycles. The molecule has 10 nitrogen and oxygen atoms in total. The molecule has 1 fully saturated rings. The topological polar surface area (TPSA) is 136 Å². The van der Waals surface area contributed by atoms with E-state index in [0.717, 1.165) is 24.2 Å². The van der Waals surface area contributed by atoms with Crippen LogP contribution in [-0.2, 0) is 30.0 Å². The van der Waals surface area contributed by atoms with Gasteiger partial charge in [-0.15, -0.1) is 0 Å². The average molecular weight is 492 g/mol. The number of esters is 2. The number of hydrogen-bond donors (Lipinski definition) is 2. The van der Waals surface area contributed by atoms with E-state index in [-0.39, 0.29) is 6.16 Å². The van der Waals surface area contributed by atoms with Crippen LogP contribution < -0.4 is 5.32 Å². The quantitative estimate of drug-likeness (QED) is 0.230. The second kappa shape index (κ2) is 10.3. The van der Waals surface area contributed by atoms with Crippen LogP contribution in [0.3, 0.4) is 0 Å². The molecule has 0 spiro atoms. The van der Waals surface area contributed by atoms with Crippen molar-refractivity contribution in [1.29, 1.82) is 0 Å². The zero-order valence-electron chi connectivity index (χ0n) is 20.6. The van der Waals surface area contributed by atoms with Gasteiger partial charge in [0.1, 0.15) is 17.7 Å². The number of aromatic amines is 1. The van der Waals surface area contributed by atoms with Gasteiger partial charge < -0.3 is 24.3 Å². The van der Waals surface area contributed by atoms with E-state index in [1.807, 2.05) is 6.08 Å². The Kier molecular flexibility index (Phi) is 7.81. The van der Waals surface area contributed by atoms with Gasteiger partial charge in [-0.05, 0) is 54.4 Å². The van der Waals surface area contributed by atoms with Crippen LogP contribution in [0.1, 0.15) is 60.2 Å². The highest BCUT2D eigenvalue weighted by atomic mass is 31.1. The highest BCUT2D eigenvalue weighted by Crippen LogP contribution is 2.34. The summed E-state index contributed by atoms with van der Waals surface area (Å²) in [6.07, 6.45) is 7.85. The third-order valence-corrected chi connectivity index (χ3v) is 6.37. The van der Waals surface area contributed by atoms with Gasteiger partial charge in [0.25, 0.3) is 6.03 Å². The number of hydrogen-bond acceptors (Lipinski definition) is 9. The van der Waals surface area contributed by atoms with Crippen molar-refractivity contribution in [3.8, 4) is 0 Å². The third kappa shape index (κ3) is 7.13. The molecule has 1 saturated carbocycles. The number of rotatable bonds is 9. The van der Waals surface area contributed by atoms with Gasteiger partial charge in [-0.3, -0.25) is 9.59 Å². The summed E-state index contributed by atoms with van der Waals surface area (Å²) in [5, 5.41) is 3.36. The number of imidazole rings is 1. The Balaban J connectivity index is 1.62. The van der Waals surface area contributed by atoms with Gasteiger partial charge in [-0.2, -0.15) is 0 Å². The largest absolute Gasteiger partial charge is 0.418 e. The molecule has 0 aromatic carbocycles. The molecule has 3 rings (SSSR count). The number of anilines is 1. The number of H-pyrrole nitrogens is 1. The second-order valence-electron chi connectivity index (χ2n) is 10.5. The number of carbonyl (C=O) groups is 2. The number of fused-ring (bicyclic) bond motifs is 1. The molecular weight excluding hydrogens is 457 g/mol. The Labute approximate surface area is 200 Å². The summed E-state index contributed by atoms with van der Waals surface area (Å²) < 4.78 is 23.6. The van der Waals surface area contributed by atoms with Gasteiger partial charge in [0.2, 0.25) is 0 Å². The van der Waals surface area contributed by atoms with Crippen LogP contribution in [0, 0.1) is 10.8 Å². The molecule has 1 aliphatic carbocycles. The summed E-state index contributed by atoms with van der Waals surface area (Å²) in [6, 6.07) is -0.958. The zero-order chi connectivity index (χ0) is 25.1. The van der Waals surface area contributed by atoms with Crippen LogP contribution >= 0.6 is 7.80 Å². The minimum Gasteiger partial charge on any atom is -0.418 e. The predicted molar refractivity (Wildman–Crippen MR) is 130 cm³/mol. The number of aromatic nitrogens is 4. The van der Waals surface area contributed by atoms with Crippen LogP contribution in [0.25, 0.3) is 11.2 Å². The Morgan fingerprint density at radius 1 is 1.12 bits per heavy atom. The fourth-order valence-corrected chi connectivity index (χ4v) is 3.77. The van der Waals surface area contributed by atoms with Gasteiger partial charge in [0.15, 0.2) is 19.3 Å². The Hall–Kier alpha value is -2.74. The summed E-state index contributed by atoms with van der Waals surface area (Å²) in [6.45, 7) is 10.1. The lowest BCUT2D eigenvalue weighted by atomic mass is 9.97. The molecular formula is C23H34N5O5P. The Morgan fingerprint density at radius 2 is 1.74 bits per heavy atom. The molecule has 2 aromatic rings. The number of allylic oxidation sites excluding steroid dienone is 2. The van der Waals surface area contributed by atoms with Crippen LogP contribution in [0.4, 0.5) is 5.82 Å².